The Morgan fingerprint density at radius 2 is 2.20 bits per heavy atom. The van der Waals surface area contributed by atoms with E-state index in [1.807, 2.05) is 0 Å². The van der Waals surface area contributed by atoms with E-state index in [1.165, 1.54) is 12.4 Å². The van der Waals surface area contributed by atoms with Crippen LogP contribution in [-0.4, -0.2) is 22.9 Å². The Morgan fingerprint density at radius 3 is 2.60 bits per heavy atom. The van der Waals surface area contributed by atoms with Crippen LogP contribution >= 0.6 is 0 Å². The largest absolute Gasteiger partial charge is 0.759 e. The maximum absolute atomic E-state index is 10.5. The Balaban J connectivity index is 3.63. The molecule has 0 saturated carbocycles. The van der Waals surface area contributed by atoms with Gasteiger partial charge in [0.2, 0.25) is 6.20 Å². The highest BCUT2D eigenvalue weighted by molar-refractivity contribution is 4.73. The molecule has 0 heterocycles. The third-order valence-electron chi connectivity index (χ3n) is 1.02. The maximum atomic E-state index is 10.5. The molecule has 0 aliphatic heterocycles. The van der Waals surface area contributed by atoms with Crippen molar-refractivity contribution in [1.82, 2.24) is 5.06 Å². The zero-order chi connectivity index (χ0) is 7.98. The molecular formula is C6H12N2O2. The van der Waals surface area contributed by atoms with Crippen LogP contribution < -0.4 is 0 Å². The van der Waals surface area contributed by atoms with Gasteiger partial charge < -0.3 is 10.3 Å². The minimum atomic E-state index is 0.369. The van der Waals surface area contributed by atoms with Crippen molar-refractivity contribution >= 4 is 0 Å². The van der Waals surface area contributed by atoms with Crippen molar-refractivity contribution in [2.24, 2.45) is 0 Å². The van der Waals surface area contributed by atoms with Gasteiger partial charge in [-0.15, -0.1) is 0 Å². The molecule has 10 heavy (non-hydrogen) atoms. The predicted molar refractivity (Wildman–Crippen MR) is 39.1 cm³/mol. The van der Waals surface area contributed by atoms with Crippen LogP contribution in [-0.2, 0) is 0 Å². The van der Waals surface area contributed by atoms with Crippen molar-refractivity contribution in [1.29, 1.82) is 0 Å². The van der Waals surface area contributed by atoms with E-state index in [1.54, 1.807) is 13.8 Å². The van der Waals surface area contributed by atoms with E-state index >= 15 is 0 Å². The normalized spacial score (nSPS) is 10.3. The monoisotopic (exact) mass is 144 g/mol. The second-order valence-corrected chi connectivity index (χ2v) is 1.76. The lowest BCUT2D eigenvalue weighted by molar-refractivity contribution is -0.475. The molecule has 0 aromatic rings. The summed E-state index contributed by atoms with van der Waals surface area (Å²) < 4.78 is 0.695. The Bertz CT molecular complexity index is 134. The van der Waals surface area contributed by atoms with Crippen molar-refractivity contribution in [3.63, 3.8) is 0 Å². The van der Waals surface area contributed by atoms with Gasteiger partial charge in [0.05, 0.1) is 6.20 Å². The molecule has 4 nitrogen and oxygen atoms in total. The lowest BCUT2D eigenvalue weighted by Gasteiger charge is -2.21. The second-order valence-electron chi connectivity index (χ2n) is 1.76. The van der Waals surface area contributed by atoms with Crippen molar-refractivity contribution in [2.45, 2.75) is 13.8 Å². The van der Waals surface area contributed by atoms with Gasteiger partial charge in [0, 0.05) is 16.2 Å². The van der Waals surface area contributed by atoms with Gasteiger partial charge in [-0.1, -0.05) is 0 Å². The first-order chi connectivity index (χ1) is 4.70. The molecule has 0 aliphatic carbocycles. The van der Waals surface area contributed by atoms with Crippen molar-refractivity contribution < 1.29 is 4.76 Å². The number of hydrogen-bond acceptors (Lipinski definition) is 3. The summed E-state index contributed by atoms with van der Waals surface area (Å²) in [4.78, 5) is 10.5. The van der Waals surface area contributed by atoms with Crippen LogP contribution in [0.15, 0.2) is 12.4 Å². The third kappa shape index (κ3) is 4.03. The summed E-state index contributed by atoms with van der Waals surface area (Å²) in [5.41, 5.74) is 0. The van der Waals surface area contributed by atoms with Gasteiger partial charge in [0.15, 0.2) is 6.54 Å². The minimum absolute atomic E-state index is 0.369. The van der Waals surface area contributed by atoms with Gasteiger partial charge in [-0.05, 0) is 13.8 Å². The Hall–Kier alpha value is -0.900. The molecular weight excluding hydrogens is 132 g/mol. The topological polar surface area (TPSA) is 46.4 Å². The highest BCUT2D eigenvalue weighted by Gasteiger charge is 1.93. The van der Waals surface area contributed by atoms with Gasteiger partial charge in [-0.25, -0.2) is 0 Å². The zero-order valence-corrected chi connectivity index (χ0v) is 6.28. The molecule has 0 unspecified atom stereocenters. The number of nitrogens with zero attached hydrogens (tertiary/aromatic N) is 2. The van der Waals surface area contributed by atoms with Crippen molar-refractivity contribution in [3.8, 4) is 0 Å². The predicted octanol–water partition coefficient (Wildman–Crippen LogP) is 1.08. The van der Waals surface area contributed by atoms with Gasteiger partial charge >= 0.3 is 0 Å². The molecule has 0 fully saturated rings. The number of rotatable bonds is 4. The molecule has 0 N–H and O–H groups in total. The molecule has 0 bridgehead atoms. The molecule has 0 aliphatic rings. The average molecular weight is 144 g/mol. The summed E-state index contributed by atoms with van der Waals surface area (Å²) in [5.74, 6) is 0. The third-order valence-corrected chi connectivity index (χ3v) is 1.02. The summed E-state index contributed by atoms with van der Waals surface area (Å²) in [6.07, 6.45) is 2.44. The van der Waals surface area contributed by atoms with E-state index in [9.17, 15) is 10.1 Å². The number of nitroso groups, excluding NO2 is 1. The zero-order valence-electron chi connectivity index (χ0n) is 6.28. The van der Waals surface area contributed by atoms with E-state index in [-0.39, 0.29) is 0 Å². The minimum Gasteiger partial charge on any atom is -0.759 e. The fourth-order valence-corrected chi connectivity index (χ4v) is 0.360. The fraction of sp³-hybridized carbons (Fsp3) is 0.667. The lowest BCUT2D eigenvalue weighted by atomic mass is 10.7. The first-order valence-electron chi connectivity index (χ1n) is 3.26. The van der Waals surface area contributed by atoms with Crippen LogP contribution in [0.4, 0.5) is 0 Å². The maximum Gasteiger partial charge on any atom is 0.235 e. The summed E-state index contributed by atoms with van der Waals surface area (Å²) in [6, 6.07) is 0. The van der Waals surface area contributed by atoms with Crippen LogP contribution in [0, 0.1) is 10.1 Å². The average Bonchev–Trinajstić information content (AvgIpc) is 1.99. The van der Waals surface area contributed by atoms with Crippen molar-refractivity contribution in [2.75, 3.05) is 13.1 Å². The van der Waals surface area contributed by atoms with E-state index < -0.39 is 0 Å². The molecule has 0 aromatic carbocycles. The fourth-order valence-electron chi connectivity index (χ4n) is 0.360. The summed E-state index contributed by atoms with van der Waals surface area (Å²) in [5, 5.41) is 11.2. The summed E-state index contributed by atoms with van der Waals surface area (Å²) >= 11 is 0. The van der Waals surface area contributed by atoms with Crippen LogP contribution in [0.25, 0.3) is 0 Å². The Morgan fingerprint density at radius 1 is 1.60 bits per heavy atom. The van der Waals surface area contributed by atoms with Crippen LogP contribution in [0.1, 0.15) is 13.8 Å². The second kappa shape index (κ2) is 4.93. The highest BCUT2D eigenvalue weighted by Crippen LogP contribution is 1.84. The smallest absolute Gasteiger partial charge is 0.235 e. The summed E-state index contributed by atoms with van der Waals surface area (Å²) in [7, 11) is 0. The molecule has 0 spiro atoms. The van der Waals surface area contributed by atoms with Gasteiger partial charge in [0.25, 0.3) is 0 Å². The first-order valence-corrected chi connectivity index (χ1v) is 3.26. The van der Waals surface area contributed by atoms with Gasteiger partial charge in [0.1, 0.15) is 0 Å². The SMILES string of the molecule is CCN([O-])C=C[N+](=O)CC. The van der Waals surface area contributed by atoms with Gasteiger partial charge in [-0.3, -0.25) is 0 Å². The molecule has 0 aromatic heterocycles. The summed E-state index contributed by atoms with van der Waals surface area (Å²) in [6.45, 7) is 4.18. The number of hydroxylamine groups is 2. The molecule has 4 heteroatoms. The van der Waals surface area contributed by atoms with Crippen LogP contribution in [0.3, 0.4) is 0 Å². The molecule has 0 atom stereocenters. The Kier molecular flexibility index (Phi) is 4.49. The molecule has 0 radical (unpaired) electrons. The quantitative estimate of drug-likeness (QED) is 0.438. The molecule has 0 saturated heterocycles. The van der Waals surface area contributed by atoms with Crippen molar-refractivity contribution in [3.05, 3.63) is 22.5 Å². The van der Waals surface area contributed by atoms with E-state index in [2.05, 4.69) is 0 Å². The van der Waals surface area contributed by atoms with E-state index in [4.69, 9.17) is 0 Å². The molecule has 0 amide bonds. The number of hydrogen-bond donors (Lipinski definition) is 0. The van der Waals surface area contributed by atoms with Crippen LogP contribution in [0.2, 0.25) is 0 Å². The van der Waals surface area contributed by atoms with E-state index in [0.29, 0.717) is 22.9 Å². The van der Waals surface area contributed by atoms with E-state index in [0.717, 1.165) is 0 Å². The standard InChI is InChI=1S/C6H12N2O2/c1-3-7(9)5-6-8(10)4-2/h5-6H,3-4H2,1-2H3. The van der Waals surface area contributed by atoms with Crippen LogP contribution in [0.5, 0.6) is 0 Å². The highest BCUT2D eigenvalue weighted by atomic mass is 16.5. The Labute approximate surface area is 60.3 Å². The van der Waals surface area contributed by atoms with Gasteiger partial charge in [-0.2, -0.15) is 0 Å². The first kappa shape index (κ1) is 9.10. The lowest BCUT2D eigenvalue weighted by Crippen LogP contribution is -2.08. The molecule has 0 rings (SSSR count). The molecule has 58 valence electrons.